The zero-order chi connectivity index (χ0) is 11.4. The number of rotatable bonds is 6. The minimum absolute atomic E-state index is 0.271. The Labute approximate surface area is 95.7 Å². The van der Waals surface area contributed by atoms with Gasteiger partial charge in [0.25, 0.3) is 0 Å². The van der Waals surface area contributed by atoms with Crippen LogP contribution in [-0.4, -0.2) is 30.4 Å². The Kier molecular flexibility index (Phi) is 3.29. The fourth-order valence-electron chi connectivity index (χ4n) is 1.83. The highest BCUT2D eigenvalue weighted by Gasteiger charge is 2.41. The number of nitrogens with zero attached hydrogens (tertiary/aromatic N) is 1. The van der Waals surface area contributed by atoms with Crippen LogP contribution < -0.4 is 10.1 Å². The second-order valence-corrected chi connectivity index (χ2v) is 4.39. The first kappa shape index (κ1) is 11.2. The monoisotopic (exact) mass is 222 g/mol. The molecule has 1 saturated carbocycles. The Hall–Kier alpha value is -1.29. The standard InChI is InChI=1S/C12H18N2O2/c1-16-11-4-2-3-10(14-11)13-9-12(5-6-12)7-8-15/h2-4,15H,5-9H2,1H3,(H,13,14). The SMILES string of the molecule is COc1cccc(NCC2(CCO)CC2)n1. The molecule has 1 aromatic heterocycles. The lowest BCUT2D eigenvalue weighted by Gasteiger charge is -2.15. The second kappa shape index (κ2) is 4.70. The summed E-state index contributed by atoms with van der Waals surface area (Å²) in [4.78, 5) is 4.29. The maximum atomic E-state index is 8.96. The topological polar surface area (TPSA) is 54.4 Å². The van der Waals surface area contributed by atoms with Gasteiger partial charge in [-0.1, -0.05) is 6.07 Å². The Morgan fingerprint density at radius 2 is 2.31 bits per heavy atom. The molecule has 0 unspecified atom stereocenters. The third kappa shape index (κ3) is 2.64. The zero-order valence-corrected chi connectivity index (χ0v) is 9.57. The van der Waals surface area contributed by atoms with E-state index < -0.39 is 0 Å². The summed E-state index contributed by atoms with van der Waals surface area (Å²) in [5.41, 5.74) is 0.305. The summed E-state index contributed by atoms with van der Waals surface area (Å²) >= 11 is 0. The van der Waals surface area contributed by atoms with E-state index in [4.69, 9.17) is 9.84 Å². The van der Waals surface area contributed by atoms with Gasteiger partial charge >= 0.3 is 0 Å². The predicted octanol–water partition coefficient (Wildman–Crippen LogP) is 1.66. The van der Waals surface area contributed by atoms with Crippen molar-refractivity contribution in [2.24, 2.45) is 5.41 Å². The molecule has 16 heavy (non-hydrogen) atoms. The van der Waals surface area contributed by atoms with Crippen LogP contribution in [0.1, 0.15) is 19.3 Å². The fraction of sp³-hybridized carbons (Fsp3) is 0.583. The zero-order valence-electron chi connectivity index (χ0n) is 9.57. The molecule has 0 spiro atoms. The lowest BCUT2D eigenvalue weighted by atomic mass is 10.0. The van der Waals surface area contributed by atoms with Crippen LogP contribution in [0.5, 0.6) is 5.88 Å². The lowest BCUT2D eigenvalue weighted by Crippen LogP contribution is -2.17. The average Bonchev–Trinajstić information content (AvgIpc) is 3.08. The largest absolute Gasteiger partial charge is 0.481 e. The van der Waals surface area contributed by atoms with Gasteiger partial charge in [0.15, 0.2) is 0 Å². The predicted molar refractivity (Wildman–Crippen MR) is 62.6 cm³/mol. The Morgan fingerprint density at radius 3 is 2.94 bits per heavy atom. The van der Waals surface area contributed by atoms with E-state index in [9.17, 15) is 0 Å². The van der Waals surface area contributed by atoms with Gasteiger partial charge in [0.05, 0.1) is 7.11 Å². The van der Waals surface area contributed by atoms with Crippen LogP contribution in [0.15, 0.2) is 18.2 Å². The fourth-order valence-corrected chi connectivity index (χ4v) is 1.83. The molecular weight excluding hydrogens is 204 g/mol. The van der Waals surface area contributed by atoms with Crippen molar-refractivity contribution in [3.8, 4) is 5.88 Å². The molecule has 0 aliphatic heterocycles. The number of aliphatic hydroxyl groups is 1. The number of pyridine rings is 1. The number of hydrogen-bond acceptors (Lipinski definition) is 4. The maximum Gasteiger partial charge on any atom is 0.214 e. The Bertz CT molecular complexity index is 351. The minimum Gasteiger partial charge on any atom is -0.481 e. The number of hydrogen-bond donors (Lipinski definition) is 2. The van der Waals surface area contributed by atoms with Gasteiger partial charge in [-0.3, -0.25) is 0 Å². The molecule has 0 radical (unpaired) electrons. The van der Waals surface area contributed by atoms with Crippen LogP contribution >= 0.6 is 0 Å². The van der Waals surface area contributed by atoms with Gasteiger partial charge in [-0.05, 0) is 30.7 Å². The molecule has 0 atom stereocenters. The second-order valence-electron chi connectivity index (χ2n) is 4.39. The van der Waals surface area contributed by atoms with E-state index >= 15 is 0 Å². The molecule has 0 amide bonds. The van der Waals surface area contributed by atoms with Gasteiger partial charge in [0.2, 0.25) is 5.88 Å². The molecule has 2 N–H and O–H groups in total. The third-order valence-electron chi connectivity index (χ3n) is 3.18. The number of nitrogens with one attached hydrogen (secondary N) is 1. The molecular formula is C12H18N2O2. The molecule has 4 heteroatoms. The molecule has 1 fully saturated rings. The maximum absolute atomic E-state index is 8.96. The summed E-state index contributed by atoms with van der Waals surface area (Å²) in [6.07, 6.45) is 3.28. The highest BCUT2D eigenvalue weighted by molar-refractivity contribution is 5.37. The van der Waals surface area contributed by atoms with Crippen LogP contribution in [0, 0.1) is 5.41 Å². The molecule has 88 valence electrons. The highest BCUT2D eigenvalue weighted by atomic mass is 16.5. The summed E-state index contributed by atoms with van der Waals surface area (Å²) in [5.74, 6) is 1.46. The van der Waals surface area contributed by atoms with Crippen molar-refractivity contribution in [3.05, 3.63) is 18.2 Å². The van der Waals surface area contributed by atoms with E-state index in [1.165, 1.54) is 12.8 Å². The normalized spacial score (nSPS) is 16.9. The molecule has 4 nitrogen and oxygen atoms in total. The molecule has 0 bridgehead atoms. The highest BCUT2D eigenvalue weighted by Crippen LogP contribution is 2.48. The number of aromatic nitrogens is 1. The minimum atomic E-state index is 0.271. The summed E-state index contributed by atoms with van der Waals surface area (Å²) in [5, 5.41) is 12.3. The van der Waals surface area contributed by atoms with Crippen molar-refractivity contribution in [1.29, 1.82) is 0 Å². The van der Waals surface area contributed by atoms with Gasteiger partial charge < -0.3 is 15.2 Å². The van der Waals surface area contributed by atoms with Gasteiger partial charge in [-0.15, -0.1) is 0 Å². The van der Waals surface area contributed by atoms with Crippen molar-refractivity contribution < 1.29 is 9.84 Å². The quantitative estimate of drug-likeness (QED) is 0.768. The smallest absolute Gasteiger partial charge is 0.214 e. The van der Waals surface area contributed by atoms with Crippen molar-refractivity contribution in [2.45, 2.75) is 19.3 Å². The first-order chi connectivity index (χ1) is 7.78. The molecule has 2 rings (SSSR count). The number of ether oxygens (including phenoxy) is 1. The molecule has 1 heterocycles. The van der Waals surface area contributed by atoms with Crippen LogP contribution in [0.2, 0.25) is 0 Å². The molecule has 1 aliphatic rings. The van der Waals surface area contributed by atoms with E-state index in [2.05, 4.69) is 10.3 Å². The van der Waals surface area contributed by atoms with E-state index in [1.54, 1.807) is 7.11 Å². The van der Waals surface area contributed by atoms with Crippen molar-refractivity contribution >= 4 is 5.82 Å². The van der Waals surface area contributed by atoms with Crippen molar-refractivity contribution in [2.75, 3.05) is 25.6 Å². The van der Waals surface area contributed by atoms with Gasteiger partial charge in [0.1, 0.15) is 5.82 Å². The number of methoxy groups -OCH3 is 1. The lowest BCUT2D eigenvalue weighted by molar-refractivity contribution is 0.253. The average molecular weight is 222 g/mol. The number of anilines is 1. The molecule has 1 aliphatic carbocycles. The third-order valence-corrected chi connectivity index (χ3v) is 3.18. The van der Waals surface area contributed by atoms with E-state index in [-0.39, 0.29) is 6.61 Å². The molecule has 0 aromatic carbocycles. The summed E-state index contributed by atoms with van der Waals surface area (Å²) in [7, 11) is 1.61. The summed E-state index contributed by atoms with van der Waals surface area (Å²) in [6.45, 7) is 1.15. The van der Waals surface area contributed by atoms with E-state index in [0.29, 0.717) is 11.3 Å². The van der Waals surface area contributed by atoms with Crippen LogP contribution in [0.4, 0.5) is 5.82 Å². The molecule has 0 saturated heterocycles. The first-order valence-electron chi connectivity index (χ1n) is 5.64. The van der Waals surface area contributed by atoms with E-state index in [1.807, 2.05) is 18.2 Å². The first-order valence-corrected chi connectivity index (χ1v) is 5.64. The van der Waals surface area contributed by atoms with Gasteiger partial charge in [0, 0.05) is 19.2 Å². The van der Waals surface area contributed by atoms with Gasteiger partial charge in [-0.2, -0.15) is 4.98 Å². The van der Waals surface area contributed by atoms with Crippen LogP contribution in [0.25, 0.3) is 0 Å². The Morgan fingerprint density at radius 1 is 1.50 bits per heavy atom. The van der Waals surface area contributed by atoms with Crippen molar-refractivity contribution in [3.63, 3.8) is 0 Å². The molecule has 1 aromatic rings. The summed E-state index contributed by atoms with van der Waals surface area (Å²) in [6, 6.07) is 5.67. The summed E-state index contributed by atoms with van der Waals surface area (Å²) < 4.78 is 5.06. The van der Waals surface area contributed by atoms with Crippen molar-refractivity contribution in [1.82, 2.24) is 4.98 Å². The number of aliphatic hydroxyl groups excluding tert-OH is 1. The van der Waals surface area contributed by atoms with Crippen LogP contribution in [0.3, 0.4) is 0 Å². The van der Waals surface area contributed by atoms with E-state index in [0.717, 1.165) is 18.8 Å². The van der Waals surface area contributed by atoms with Crippen LogP contribution in [-0.2, 0) is 0 Å². The Balaban J connectivity index is 1.89. The van der Waals surface area contributed by atoms with Gasteiger partial charge in [-0.25, -0.2) is 0 Å².